The first-order chi connectivity index (χ1) is 17.4. The smallest absolute Gasteiger partial charge is 0.127 e. The van der Waals surface area contributed by atoms with E-state index < -0.39 is 0 Å². The van der Waals surface area contributed by atoms with Crippen molar-refractivity contribution >= 4 is 10.9 Å². The molecule has 0 fully saturated rings. The van der Waals surface area contributed by atoms with E-state index in [1.54, 1.807) is 0 Å². The number of hydrogen-bond donors (Lipinski definition) is 1. The van der Waals surface area contributed by atoms with Crippen LogP contribution in [0.15, 0.2) is 72.9 Å². The molecule has 0 unspecified atom stereocenters. The number of benzene rings is 3. The van der Waals surface area contributed by atoms with E-state index in [0.717, 1.165) is 11.5 Å². The van der Waals surface area contributed by atoms with Crippen molar-refractivity contribution in [1.29, 1.82) is 0 Å². The van der Waals surface area contributed by atoms with Gasteiger partial charge < -0.3 is 9.72 Å². The highest BCUT2D eigenvalue weighted by Crippen LogP contribution is 2.33. The highest BCUT2D eigenvalue weighted by atomic mass is 16.5. The van der Waals surface area contributed by atoms with Crippen molar-refractivity contribution in [2.75, 3.05) is 0 Å². The van der Waals surface area contributed by atoms with Gasteiger partial charge in [-0.15, -0.1) is 0 Å². The normalized spacial score (nSPS) is 12.7. The Morgan fingerprint density at radius 3 is 1.24 bits per heavy atom. The second kappa shape index (κ2) is 10.6. The largest absolute Gasteiger partial charge is 0.457 e. The van der Waals surface area contributed by atoms with Crippen LogP contribution in [-0.2, 0) is 21.7 Å². The quantitative estimate of drug-likeness (QED) is 0.284. The number of nitrogens with one attached hydrogen (secondary N) is 1. The van der Waals surface area contributed by atoms with Crippen molar-refractivity contribution in [3.8, 4) is 11.5 Å². The van der Waals surface area contributed by atoms with Crippen LogP contribution in [0.2, 0.25) is 0 Å². The molecule has 0 atom stereocenters. The van der Waals surface area contributed by atoms with Crippen molar-refractivity contribution in [3.63, 3.8) is 0 Å². The van der Waals surface area contributed by atoms with E-state index in [-0.39, 0.29) is 21.7 Å². The highest BCUT2D eigenvalue weighted by molar-refractivity contribution is 5.85. The molecule has 0 amide bonds. The Labute approximate surface area is 231 Å². The minimum absolute atomic E-state index is 0.173. The minimum Gasteiger partial charge on any atom is -0.457 e. The van der Waals surface area contributed by atoms with Gasteiger partial charge in [0, 0.05) is 17.1 Å². The van der Waals surface area contributed by atoms with E-state index in [2.05, 4.69) is 137 Å². The predicted octanol–water partition coefficient (Wildman–Crippen LogP) is 10.8. The molecule has 1 N–H and O–H groups in total. The first kappa shape index (κ1) is 29.6. The number of aromatic amines is 1. The summed E-state index contributed by atoms with van der Waals surface area (Å²) < 4.78 is 5.91. The Balaban J connectivity index is 0.000000215. The van der Waals surface area contributed by atoms with Crippen LogP contribution in [0.3, 0.4) is 0 Å². The number of H-pyrrole nitrogens is 1. The second-order valence-electron chi connectivity index (χ2n) is 14.6. The third-order valence-electron chi connectivity index (χ3n) is 7.03. The third-order valence-corrected chi connectivity index (χ3v) is 7.03. The number of aromatic nitrogens is 1. The number of ether oxygens (including phenoxy) is 1. The molecule has 0 bridgehead atoms. The van der Waals surface area contributed by atoms with E-state index in [1.165, 1.54) is 33.2 Å². The molecule has 0 saturated carbocycles. The lowest BCUT2D eigenvalue weighted by atomic mass is 9.83. The lowest BCUT2D eigenvalue weighted by molar-refractivity contribution is 0.480. The van der Waals surface area contributed by atoms with Crippen LogP contribution in [-0.4, -0.2) is 4.98 Å². The van der Waals surface area contributed by atoms with Crippen molar-refractivity contribution in [2.45, 2.75) is 105 Å². The summed E-state index contributed by atoms with van der Waals surface area (Å²) in [5.74, 6) is 1.76. The van der Waals surface area contributed by atoms with Gasteiger partial charge in [-0.3, -0.25) is 0 Å². The third kappa shape index (κ3) is 7.53. The first-order valence-electron chi connectivity index (χ1n) is 13.9. The Morgan fingerprint density at radius 1 is 0.474 bits per heavy atom. The summed E-state index contributed by atoms with van der Waals surface area (Å²) in [5, 5.41) is 1.37. The Kier molecular flexibility index (Phi) is 8.27. The molecule has 0 aliphatic carbocycles. The van der Waals surface area contributed by atoms with Gasteiger partial charge in [0.15, 0.2) is 0 Å². The molecule has 204 valence electrons. The standard InChI is InChI=1S/C20H26O.C16H23N/c1-19(2,3)15-7-11-17(12-8-15)21-18-13-9-16(10-14-18)20(4,5)6;1-15(2,3)11-7-8-14-12(9-11)13(10-17-14)16(4,5)6/h7-14H,1-6H3;7-10,17H,1-6H3. The Bertz CT molecular complexity index is 1270. The predicted molar refractivity (Wildman–Crippen MR) is 166 cm³/mol. The fourth-order valence-electron chi connectivity index (χ4n) is 4.39. The van der Waals surface area contributed by atoms with Crippen LogP contribution in [0, 0.1) is 0 Å². The van der Waals surface area contributed by atoms with Gasteiger partial charge in [0.05, 0.1) is 0 Å². The summed E-state index contributed by atoms with van der Waals surface area (Å²) in [6.07, 6.45) is 2.15. The fraction of sp³-hybridized carbons (Fsp3) is 0.444. The Morgan fingerprint density at radius 2 is 0.868 bits per heavy atom. The van der Waals surface area contributed by atoms with Gasteiger partial charge >= 0.3 is 0 Å². The molecule has 2 heteroatoms. The molecule has 38 heavy (non-hydrogen) atoms. The molecular weight excluding hydrogens is 462 g/mol. The molecule has 4 aromatic rings. The van der Waals surface area contributed by atoms with E-state index in [9.17, 15) is 0 Å². The van der Waals surface area contributed by atoms with Crippen LogP contribution in [0.1, 0.15) is 105 Å². The maximum absolute atomic E-state index is 5.91. The molecule has 2 nitrogen and oxygen atoms in total. The van der Waals surface area contributed by atoms with E-state index in [4.69, 9.17) is 4.74 Å². The average Bonchev–Trinajstić information content (AvgIpc) is 3.22. The number of fused-ring (bicyclic) bond motifs is 1. The first-order valence-corrected chi connectivity index (χ1v) is 13.9. The molecule has 1 heterocycles. The van der Waals surface area contributed by atoms with Gasteiger partial charge in [0.1, 0.15) is 11.5 Å². The maximum atomic E-state index is 5.91. The summed E-state index contributed by atoms with van der Waals surface area (Å²) in [6.45, 7) is 26.9. The molecule has 0 radical (unpaired) electrons. The van der Waals surface area contributed by atoms with Crippen LogP contribution >= 0.6 is 0 Å². The summed E-state index contributed by atoms with van der Waals surface area (Å²) in [5.41, 5.74) is 7.42. The summed E-state index contributed by atoms with van der Waals surface area (Å²) in [4.78, 5) is 3.37. The van der Waals surface area contributed by atoms with Crippen LogP contribution in [0.4, 0.5) is 0 Å². The van der Waals surface area contributed by atoms with Gasteiger partial charge in [-0.1, -0.05) is 113 Å². The zero-order chi connectivity index (χ0) is 28.5. The second-order valence-corrected chi connectivity index (χ2v) is 14.6. The molecule has 0 aliphatic heterocycles. The van der Waals surface area contributed by atoms with E-state index >= 15 is 0 Å². The number of rotatable bonds is 2. The zero-order valence-corrected chi connectivity index (χ0v) is 25.8. The van der Waals surface area contributed by atoms with Crippen LogP contribution in [0.25, 0.3) is 10.9 Å². The summed E-state index contributed by atoms with van der Waals surface area (Å²) in [7, 11) is 0. The van der Waals surface area contributed by atoms with Crippen LogP contribution < -0.4 is 4.74 Å². The van der Waals surface area contributed by atoms with Crippen molar-refractivity contribution in [3.05, 3.63) is 95.2 Å². The monoisotopic (exact) mass is 511 g/mol. The molecule has 3 aromatic carbocycles. The highest BCUT2D eigenvalue weighted by Gasteiger charge is 2.20. The minimum atomic E-state index is 0.173. The van der Waals surface area contributed by atoms with Crippen molar-refractivity contribution in [1.82, 2.24) is 4.98 Å². The maximum Gasteiger partial charge on any atom is 0.127 e. The van der Waals surface area contributed by atoms with Crippen LogP contribution in [0.5, 0.6) is 11.5 Å². The molecule has 0 spiro atoms. The average molecular weight is 512 g/mol. The lowest BCUT2D eigenvalue weighted by Crippen LogP contribution is -2.12. The van der Waals surface area contributed by atoms with Gasteiger partial charge in [0.2, 0.25) is 0 Å². The topological polar surface area (TPSA) is 25.0 Å². The van der Waals surface area contributed by atoms with Gasteiger partial charge in [-0.05, 0) is 80.3 Å². The Hall–Kier alpha value is -3.00. The zero-order valence-electron chi connectivity index (χ0n) is 25.8. The summed E-state index contributed by atoms with van der Waals surface area (Å²) in [6, 6.07) is 23.5. The van der Waals surface area contributed by atoms with Gasteiger partial charge in [0.25, 0.3) is 0 Å². The molecule has 0 saturated heterocycles. The fourth-order valence-corrected chi connectivity index (χ4v) is 4.39. The van der Waals surface area contributed by atoms with E-state index in [1.807, 2.05) is 24.3 Å². The van der Waals surface area contributed by atoms with Crippen molar-refractivity contribution < 1.29 is 4.74 Å². The van der Waals surface area contributed by atoms with Crippen molar-refractivity contribution in [2.24, 2.45) is 0 Å². The molecule has 0 aliphatic rings. The van der Waals surface area contributed by atoms with Gasteiger partial charge in [-0.25, -0.2) is 0 Å². The number of hydrogen-bond acceptors (Lipinski definition) is 1. The SMILES string of the molecule is CC(C)(C)c1ccc(Oc2ccc(C(C)(C)C)cc2)cc1.CC(C)(C)c1ccc2[nH]cc(C(C)(C)C)c2c1. The molecule has 1 aromatic heterocycles. The molecular formula is C36H49NO. The summed E-state index contributed by atoms with van der Waals surface area (Å²) >= 11 is 0. The lowest BCUT2D eigenvalue weighted by Gasteiger charge is -2.21. The van der Waals surface area contributed by atoms with E-state index in [0.29, 0.717) is 0 Å². The molecule has 4 rings (SSSR count). The van der Waals surface area contributed by atoms with Gasteiger partial charge in [-0.2, -0.15) is 0 Å².